The lowest BCUT2D eigenvalue weighted by Crippen LogP contribution is -2.01. The second-order valence-corrected chi connectivity index (χ2v) is 5.18. The van der Waals surface area contributed by atoms with Crippen molar-refractivity contribution in [3.8, 4) is 5.75 Å². The summed E-state index contributed by atoms with van der Waals surface area (Å²) in [6.07, 6.45) is 6.15. The first-order valence-electron chi connectivity index (χ1n) is 7.61. The molecule has 0 aliphatic carbocycles. The smallest absolute Gasteiger partial charge is 0.125 e. The van der Waals surface area contributed by atoms with Gasteiger partial charge in [-0.3, -0.25) is 0 Å². The van der Waals surface area contributed by atoms with Crippen LogP contribution in [0, 0.1) is 0 Å². The Bertz CT molecular complexity index is 534. The molecule has 0 bridgehead atoms. The van der Waals surface area contributed by atoms with E-state index in [2.05, 4.69) is 19.1 Å². The van der Waals surface area contributed by atoms with Crippen LogP contribution in [0.4, 0.5) is 0 Å². The largest absolute Gasteiger partial charge is 0.493 e. The lowest BCUT2D eigenvalue weighted by Gasteiger charge is -2.12. The Balaban J connectivity index is 1.99. The molecule has 0 spiro atoms. The maximum Gasteiger partial charge on any atom is 0.125 e. The third-order valence-electron chi connectivity index (χ3n) is 3.66. The van der Waals surface area contributed by atoms with Gasteiger partial charge in [-0.1, -0.05) is 62.9 Å². The molecule has 0 atom stereocenters. The molecule has 20 heavy (non-hydrogen) atoms. The number of hydrogen-bond donors (Lipinski definition) is 1. The van der Waals surface area contributed by atoms with Gasteiger partial charge in [-0.05, 0) is 23.3 Å². The highest BCUT2D eigenvalue weighted by Gasteiger charge is 2.07. The van der Waals surface area contributed by atoms with Crippen LogP contribution in [0.25, 0.3) is 10.8 Å². The van der Waals surface area contributed by atoms with Gasteiger partial charge in [0.15, 0.2) is 0 Å². The summed E-state index contributed by atoms with van der Waals surface area (Å²) in [4.78, 5) is 0. The van der Waals surface area contributed by atoms with Crippen LogP contribution in [-0.2, 0) is 6.61 Å². The molecule has 0 aliphatic rings. The van der Waals surface area contributed by atoms with E-state index < -0.39 is 0 Å². The first-order chi connectivity index (χ1) is 9.86. The standard InChI is InChI=1S/C18H24O2/c1-2-3-4-5-8-13-20-18-12-11-15-9-6-7-10-16(15)17(18)14-19/h6-7,9-12,19H,2-5,8,13-14H2,1H3. The van der Waals surface area contributed by atoms with Crippen molar-refractivity contribution in [2.45, 2.75) is 45.6 Å². The van der Waals surface area contributed by atoms with E-state index in [1.54, 1.807) is 0 Å². The van der Waals surface area contributed by atoms with Gasteiger partial charge >= 0.3 is 0 Å². The topological polar surface area (TPSA) is 29.5 Å². The number of fused-ring (bicyclic) bond motifs is 1. The van der Waals surface area contributed by atoms with E-state index in [1.807, 2.05) is 24.3 Å². The van der Waals surface area contributed by atoms with Gasteiger partial charge in [0.1, 0.15) is 5.75 Å². The Morgan fingerprint density at radius 2 is 1.75 bits per heavy atom. The third-order valence-corrected chi connectivity index (χ3v) is 3.66. The predicted molar refractivity (Wildman–Crippen MR) is 84.1 cm³/mol. The van der Waals surface area contributed by atoms with Gasteiger partial charge in [0.2, 0.25) is 0 Å². The fourth-order valence-electron chi connectivity index (χ4n) is 2.50. The molecular weight excluding hydrogens is 248 g/mol. The Hall–Kier alpha value is -1.54. The first-order valence-corrected chi connectivity index (χ1v) is 7.61. The lowest BCUT2D eigenvalue weighted by molar-refractivity contribution is 0.261. The van der Waals surface area contributed by atoms with Gasteiger partial charge in [-0.15, -0.1) is 0 Å². The van der Waals surface area contributed by atoms with Crippen LogP contribution in [0.2, 0.25) is 0 Å². The zero-order chi connectivity index (χ0) is 14.2. The minimum atomic E-state index is 0.0204. The van der Waals surface area contributed by atoms with Crippen LogP contribution in [-0.4, -0.2) is 11.7 Å². The van der Waals surface area contributed by atoms with Crippen molar-refractivity contribution >= 4 is 10.8 Å². The second-order valence-electron chi connectivity index (χ2n) is 5.18. The van der Waals surface area contributed by atoms with Crippen LogP contribution in [0.3, 0.4) is 0 Å². The molecule has 0 aliphatic heterocycles. The van der Waals surface area contributed by atoms with Crippen LogP contribution in [0.15, 0.2) is 36.4 Å². The van der Waals surface area contributed by atoms with Gasteiger partial charge in [0.25, 0.3) is 0 Å². The van der Waals surface area contributed by atoms with Crippen LogP contribution in [0.5, 0.6) is 5.75 Å². The lowest BCUT2D eigenvalue weighted by atomic mass is 10.0. The van der Waals surface area contributed by atoms with Crippen molar-refractivity contribution in [3.05, 3.63) is 42.0 Å². The quantitative estimate of drug-likeness (QED) is 0.707. The molecule has 0 radical (unpaired) electrons. The summed E-state index contributed by atoms with van der Waals surface area (Å²) in [6, 6.07) is 12.1. The second kappa shape index (κ2) is 7.91. The van der Waals surface area contributed by atoms with E-state index in [-0.39, 0.29) is 6.61 Å². The van der Waals surface area contributed by atoms with Crippen LogP contribution in [0.1, 0.15) is 44.6 Å². The van der Waals surface area contributed by atoms with E-state index in [1.165, 1.54) is 25.7 Å². The van der Waals surface area contributed by atoms with Crippen molar-refractivity contribution < 1.29 is 9.84 Å². The SMILES string of the molecule is CCCCCCCOc1ccc2ccccc2c1CO. The number of aliphatic hydroxyl groups excluding tert-OH is 1. The molecule has 1 N–H and O–H groups in total. The van der Waals surface area contributed by atoms with Crippen LogP contribution >= 0.6 is 0 Å². The molecule has 0 heterocycles. The number of unbranched alkanes of at least 4 members (excludes halogenated alkanes) is 4. The zero-order valence-electron chi connectivity index (χ0n) is 12.3. The summed E-state index contributed by atoms with van der Waals surface area (Å²) in [5.41, 5.74) is 0.900. The Morgan fingerprint density at radius 3 is 2.55 bits per heavy atom. The molecule has 2 rings (SSSR count). The molecular formula is C18H24O2. The number of benzene rings is 2. The molecule has 0 saturated heterocycles. The normalized spacial score (nSPS) is 10.9. The minimum Gasteiger partial charge on any atom is -0.493 e. The molecule has 0 fully saturated rings. The Labute approximate surface area is 121 Å². The summed E-state index contributed by atoms with van der Waals surface area (Å²) >= 11 is 0. The summed E-state index contributed by atoms with van der Waals surface area (Å²) in [7, 11) is 0. The van der Waals surface area contributed by atoms with Crippen molar-refractivity contribution in [2.75, 3.05) is 6.61 Å². The first kappa shape index (κ1) is 14.9. The van der Waals surface area contributed by atoms with Gasteiger partial charge in [-0.25, -0.2) is 0 Å². The monoisotopic (exact) mass is 272 g/mol. The maximum absolute atomic E-state index is 9.61. The van der Waals surface area contributed by atoms with Crippen molar-refractivity contribution in [3.63, 3.8) is 0 Å². The highest BCUT2D eigenvalue weighted by molar-refractivity contribution is 5.87. The molecule has 0 unspecified atom stereocenters. The fraction of sp³-hybridized carbons (Fsp3) is 0.444. The molecule has 108 valence electrons. The maximum atomic E-state index is 9.61. The number of hydrogen-bond acceptors (Lipinski definition) is 2. The molecule has 0 saturated carbocycles. The molecule has 0 amide bonds. The van der Waals surface area contributed by atoms with E-state index in [0.29, 0.717) is 0 Å². The van der Waals surface area contributed by atoms with Crippen molar-refractivity contribution in [1.82, 2.24) is 0 Å². The van der Waals surface area contributed by atoms with Gasteiger partial charge in [0, 0.05) is 5.56 Å². The van der Waals surface area contributed by atoms with E-state index in [4.69, 9.17) is 4.74 Å². The fourth-order valence-corrected chi connectivity index (χ4v) is 2.50. The molecule has 2 heteroatoms. The Kier molecular flexibility index (Phi) is 5.87. The molecule has 2 nitrogen and oxygen atoms in total. The van der Waals surface area contributed by atoms with E-state index in [9.17, 15) is 5.11 Å². The highest BCUT2D eigenvalue weighted by Crippen LogP contribution is 2.28. The number of aliphatic hydroxyl groups is 1. The summed E-state index contributed by atoms with van der Waals surface area (Å²) < 4.78 is 5.86. The summed E-state index contributed by atoms with van der Waals surface area (Å²) in [5, 5.41) is 11.8. The van der Waals surface area contributed by atoms with Gasteiger partial charge < -0.3 is 9.84 Å². The predicted octanol–water partition coefficient (Wildman–Crippen LogP) is 4.68. The third kappa shape index (κ3) is 3.73. The van der Waals surface area contributed by atoms with Gasteiger partial charge in [0.05, 0.1) is 13.2 Å². The molecule has 0 aromatic heterocycles. The minimum absolute atomic E-state index is 0.0204. The number of ether oxygens (including phenoxy) is 1. The average Bonchev–Trinajstić information content (AvgIpc) is 2.50. The Morgan fingerprint density at radius 1 is 0.950 bits per heavy atom. The van der Waals surface area contributed by atoms with Crippen molar-refractivity contribution in [2.24, 2.45) is 0 Å². The summed E-state index contributed by atoms with van der Waals surface area (Å²) in [5.74, 6) is 0.821. The highest BCUT2D eigenvalue weighted by atomic mass is 16.5. The van der Waals surface area contributed by atoms with E-state index >= 15 is 0 Å². The van der Waals surface area contributed by atoms with Crippen molar-refractivity contribution in [1.29, 1.82) is 0 Å². The van der Waals surface area contributed by atoms with E-state index in [0.717, 1.165) is 35.1 Å². The molecule has 2 aromatic rings. The number of rotatable bonds is 8. The van der Waals surface area contributed by atoms with Gasteiger partial charge in [-0.2, -0.15) is 0 Å². The summed E-state index contributed by atoms with van der Waals surface area (Å²) in [6.45, 7) is 2.97. The average molecular weight is 272 g/mol. The molecule has 2 aromatic carbocycles. The van der Waals surface area contributed by atoms with Crippen LogP contribution < -0.4 is 4.74 Å². The zero-order valence-corrected chi connectivity index (χ0v) is 12.3.